The van der Waals surface area contributed by atoms with Gasteiger partial charge >= 0.3 is 6.18 Å². The number of hydrogen-bond donors (Lipinski definition) is 0. The maximum absolute atomic E-state index is 12.9. The van der Waals surface area contributed by atoms with E-state index in [-0.39, 0.29) is 5.69 Å². The number of fused-ring (bicyclic) bond motifs is 1. The van der Waals surface area contributed by atoms with Crippen molar-refractivity contribution in [3.05, 3.63) is 94.7 Å². The van der Waals surface area contributed by atoms with Gasteiger partial charge in [0.05, 0.1) is 16.2 Å². The average Bonchev–Trinajstić information content (AvgIpc) is 2.74. The molecule has 1 aromatic heterocycles. The van der Waals surface area contributed by atoms with Crippen LogP contribution in [0.25, 0.3) is 22.0 Å². The predicted molar refractivity (Wildman–Crippen MR) is 109 cm³/mol. The zero-order chi connectivity index (χ0) is 21.3. The van der Waals surface area contributed by atoms with Crippen LogP contribution in [-0.2, 0) is 6.18 Å². The van der Waals surface area contributed by atoms with Gasteiger partial charge < -0.3 is 0 Å². The van der Waals surface area contributed by atoms with E-state index in [1.807, 2.05) is 24.3 Å². The van der Waals surface area contributed by atoms with E-state index in [1.54, 1.807) is 18.3 Å². The van der Waals surface area contributed by atoms with E-state index in [9.17, 15) is 23.3 Å². The van der Waals surface area contributed by atoms with Gasteiger partial charge in [-0.2, -0.15) is 13.2 Å². The van der Waals surface area contributed by atoms with Crippen molar-refractivity contribution in [2.24, 2.45) is 0 Å². The van der Waals surface area contributed by atoms with E-state index >= 15 is 0 Å². The topological polar surface area (TPSA) is 56.0 Å². The molecule has 0 aliphatic heterocycles. The van der Waals surface area contributed by atoms with E-state index in [2.05, 4.69) is 4.98 Å². The van der Waals surface area contributed by atoms with E-state index in [1.165, 1.54) is 36.0 Å². The number of pyridine rings is 1. The number of benzene rings is 3. The second kappa shape index (κ2) is 7.79. The summed E-state index contributed by atoms with van der Waals surface area (Å²) in [5.74, 6) is 0. The first-order valence-corrected chi connectivity index (χ1v) is 9.62. The number of halogens is 3. The van der Waals surface area contributed by atoms with Crippen LogP contribution < -0.4 is 0 Å². The number of alkyl halides is 3. The van der Waals surface area contributed by atoms with Crippen molar-refractivity contribution >= 4 is 28.2 Å². The third-order valence-corrected chi connectivity index (χ3v) is 5.63. The summed E-state index contributed by atoms with van der Waals surface area (Å²) in [6.45, 7) is 0. The third-order valence-electron chi connectivity index (χ3n) is 4.51. The summed E-state index contributed by atoms with van der Waals surface area (Å²) < 4.78 is 38.8. The summed E-state index contributed by atoms with van der Waals surface area (Å²) in [4.78, 5) is 16.4. The lowest BCUT2D eigenvalue weighted by Crippen LogP contribution is -2.04. The van der Waals surface area contributed by atoms with Gasteiger partial charge in [0.1, 0.15) is 0 Å². The Balaban J connectivity index is 1.81. The molecule has 0 aliphatic carbocycles. The molecule has 0 atom stereocenters. The monoisotopic (exact) mass is 426 g/mol. The molecule has 0 N–H and O–H groups in total. The van der Waals surface area contributed by atoms with Crippen LogP contribution in [0.15, 0.2) is 88.8 Å². The lowest BCUT2D eigenvalue weighted by atomic mass is 10.1. The van der Waals surface area contributed by atoms with Crippen LogP contribution in [0.3, 0.4) is 0 Å². The zero-order valence-corrected chi connectivity index (χ0v) is 16.1. The van der Waals surface area contributed by atoms with Gasteiger partial charge in [0.25, 0.3) is 5.69 Å². The molecule has 4 aromatic rings. The maximum atomic E-state index is 12.9. The molecule has 30 heavy (non-hydrogen) atoms. The first-order valence-electron chi connectivity index (χ1n) is 8.80. The number of aromatic nitrogens is 1. The molecule has 0 aliphatic rings. The molecule has 8 heteroatoms. The van der Waals surface area contributed by atoms with Gasteiger partial charge in [0.2, 0.25) is 0 Å². The molecule has 150 valence electrons. The molecule has 0 bridgehead atoms. The largest absolute Gasteiger partial charge is 0.416 e. The second-order valence-electron chi connectivity index (χ2n) is 6.45. The Labute approximate surface area is 173 Å². The van der Waals surface area contributed by atoms with Gasteiger partial charge in [-0.25, -0.2) is 0 Å². The fraction of sp³-hybridized carbons (Fsp3) is 0.0455. The van der Waals surface area contributed by atoms with Crippen LogP contribution >= 0.6 is 11.8 Å². The van der Waals surface area contributed by atoms with Gasteiger partial charge in [-0.15, -0.1) is 0 Å². The van der Waals surface area contributed by atoms with Crippen molar-refractivity contribution in [2.45, 2.75) is 16.0 Å². The van der Waals surface area contributed by atoms with Crippen molar-refractivity contribution < 1.29 is 18.1 Å². The molecule has 4 rings (SSSR count). The van der Waals surface area contributed by atoms with Crippen LogP contribution in [0.1, 0.15) is 5.56 Å². The fourth-order valence-electron chi connectivity index (χ4n) is 3.02. The van der Waals surface area contributed by atoms with Crippen molar-refractivity contribution in [1.82, 2.24) is 4.98 Å². The van der Waals surface area contributed by atoms with Gasteiger partial charge in [0.15, 0.2) is 0 Å². The second-order valence-corrected chi connectivity index (χ2v) is 7.54. The Morgan fingerprint density at radius 3 is 2.20 bits per heavy atom. The standard InChI is InChI=1S/C22H13F3N2O2S/c23-22(24,25)16-7-5-14(6-8-16)20-21(19-4-2-1-3-15(19)13-26-20)30-18-11-9-17(10-12-18)27(28)29/h1-13H. The normalized spacial score (nSPS) is 11.6. The minimum atomic E-state index is -4.41. The Hall–Kier alpha value is -3.39. The summed E-state index contributed by atoms with van der Waals surface area (Å²) >= 11 is 1.36. The summed E-state index contributed by atoms with van der Waals surface area (Å²) in [5.41, 5.74) is 0.360. The lowest BCUT2D eigenvalue weighted by Gasteiger charge is -2.13. The number of non-ortho nitro benzene ring substituents is 1. The van der Waals surface area contributed by atoms with Crippen LogP contribution in [0.5, 0.6) is 0 Å². The molecule has 4 nitrogen and oxygen atoms in total. The van der Waals surface area contributed by atoms with Crippen LogP contribution in [0.4, 0.5) is 18.9 Å². The SMILES string of the molecule is O=[N+]([O-])c1ccc(Sc2c(-c3ccc(C(F)(F)F)cc3)ncc3ccccc23)cc1. The van der Waals surface area contributed by atoms with Crippen LogP contribution in [0.2, 0.25) is 0 Å². The minimum Gasteiger partial charge on any atom is -0.258 e. The third kappa shape index (κ3) is 3.99. The highest BCUT2D eigenvalue weighted by molar-refractivity contribution is 7.99. The molecule has 0 radical (unpaired) electrons. The van der Waals surface area contributed by atoms with Gasteiger partial charge in [0, 0.05) is 39.1 Å². The molecular weight excluding hydrogens is 413 g/mol. The van der Waals surface area contributed by atoms with E-state index < -0.39 is 16.7 Å². The average molecular weight is 426 g/mol. The van der Waals surface area contributed by atoms with Gasteiger partial charge in [-0.3, -0.25) is 15.1 Å². The zero-order valence-electron chi connectivity index (χ0n) is 15.3. The molecule has 0 fully saturated rings. The van der Waals surface area contributed by atoms with Crippen molar-refractivity contribution in [3.63, 3.8) is 0 Å². The van der Waals surface area contributed by atoms with E-state index in [4.69, 9.17) is 0 Å². The summed E-state index contributed by atoms with van der Waals surface area (Å²) in [6, 6.07) is 18.6. The Kier molecular flexibility index (Phi) is 5.17. The van der Waals surface area contributed by atoms with Gasteiger partial charge in [-0.1, -0.05) is 48.2 Å². The first-order chi connectivity index (χ1) is 14.3. The first kappa shape index (κ1) is 19.9. The molecule has 1 heterocycles. The van der Waals surface area contributed by atoms with E-state index in [0.717, 1.165) is 32.7 Å². The number of hydrogen-bond acceptors (Lipinski definition) is 4. The maximum Gasteiger partial charge on any atom is 0.416 e. The summed E-state index contributed by atoms with van der Waals surface area (Å²) in [6.07, 6.45) is -2.73. The lowest BCUT2D eigenvalue weighted by molar-refractivity contribution is -0.384. The Morgan fingerprint density at radius 2 is 1.57 bits per heavy atom. The molecule has 0 spiro atoms. The van der Waals surface area contributed by atoms with Gasteiger partial charge in [-0.05, 0) is 29.7 Å². The predicted octanol–water partition coefficient (Wildman–Crippen LogP) is 6.98. The van der Waals surface area contributed by atoms with E-state index in [0.29, 0.717) is 11.3 Å². The highest BCUT2D eigenvalue weighted by Crippen LogP contribution is 2.40. The summed E-state index contributed by atoms with van der Waals surface area (Å²) in [5, 5.41) is 12.7. The molecule has 0 saturated heterocycles. The number of nitro groups is 1. The molecule has 3 aromatic carbocycles. The highest BCUT2D eigenvalue weighted by Gasteiger charge is 2.30. The number of nitrogens with zero attached hydrogens (tertiary/aromatic N) is 2. The smallest absolute Gasteiger partial charge is 0.258 e. The molecule has 0 amide bonds. The highest BCUT2D eigenvalue weighted by atomic mass is 32.2. The molecular formula is C22H13F3N2O2S. The Morgan fingerprint density at radius 1 is 0.900 bits per heavy atom. The van der Waals surface area contributed by atoms with Crippen molar-refractivity contribution in [3.8, 4) is 11.3 Å². The quantitative estimate of drug-likeness (QED) is 0.261. The summed E-state index contributed by atoms with van der Waals surface area (Å²) in [7, 11) is 0. The van der Waals surface area contributed by atoms with Crippen molar-refractivity contribution in [2.75, 3.05) is 0 Å². The number of rotatable bonds is 4. The van der Waals surface area contributed by atoms with Crippen molar-refractivity contribution in [1.29, 1.82) is 0 Å². The fourth-order valence-corrected chi connectivity index (χ4v) is 4.09. The minimum absolute atomic E-state index is 0.0154. The van der Waals surface area contributed by atoms with Crippen LogP contribution in [0, 0.1) is 10.1 Å². The molecule has 0 unspecified atom stereocenters. The van der Waals surface area contributed by atoms with Crippen LogP contribution in [-0.4, -0.2) is 9.91 Å². The Bertz CT molecular complexity index is 1220. The number of nitro benzene ring substituents is 1. The molecule has 0 saturated carbocycles.